The minimum atomic E-state index is -4.28. The highest BCUT2D eigenvalue weighted by molar-refractivity contribution is 5.24. The van der Waals surface area contributed by atoms with Crippen molar-refractivity contribution in [1.82, 2.24) is 14.9 Å². The quantitative estimate of drug-likeness (QED) is 0.910. The van der Waals surface area contributed by atoms with Crippen LogP contribution >= 0.6 is 0 Å². The molecule has 1 aromatic carbocycles. The fourth-order valence-electron chi connectivity index (χ4n) is 2.08. The molecule has 0 aliphatic carbocycles. The summed E-state index contributed by atoms with van der Waals surface area (Å²) < 4.78 is 39.4. The van der Waals surface area contributed by atoms with Gasteiger partial charge in [-0.1, -0.05) is 12.1 Å². The Kier molecular flexibility index (Phi) is 4.67. The molecule has 6 heteroatoms. The normalized spacial score (nSPS) is 12.1. The standard InChI is InChI=1S/C15H18F3N3/c1-11(2)21-10-20-9-14(21)8-19-7-12-3-5-13(6-4-12)15(16,17)18/h3-6,9-11,19H,7-8H2,1-2H3. The molecule has 0 radical (unpaired) electrons. The molecule has 1 N–H and O–H groups in total. The van der Waals surface area contributed by atoms with Gasteiger partial charge in [-0.15, -0.1) is 0 Å². The molecule has 0 bridgehead atoms. The molecule has 0 fully saturated rings. The minimum Gasteiger partial charge on any atom is -0.331 e. The second-order valence-electron chi connectivity index (χ2n) is 5.18. The van der Waals surface area contributed by atoms with E-state index in [1.165, 1.54) is 12.1 Å². The van der Waals surface area contributed by atoms with Crippen LogP contribution in [0.25, 0.3) is 0 Å². The Balaban J connectivity index is 1.90. The molecule has 3 nitrogen and oxygen atoms in total. The summed E-state index contributed by atoms with van der Waals surface area (Å²) >= 11 is 0. The fraction of sp³-hybridized carbons (Fsp3) is 0.400. The molecule has 21 heavy (non-hydrogen) atoms. The van der Waals surface area contributed by atoms with Crippen LogP contribution in [0.1, 0.15) is 36.7 Å². The molecule has 0 atom stereocenters. The van der Waals surface area contributed by atoms with Gasteiger partial charge in [0.15, 0.2) is 0 Å². The highest BCUT2D eigenvalue weighted by Crippen LogP contribution is 2.29. The van der Waals surface area contributed by atoms with Gasteiger partial charge in [0, 0.05) is 25.3 Å². The lowest BCUT2D eigenvalue weighted by Crippen LogP contribution is -2.16. The van der Waals surface area contributed by atoms with Gasteiger partial charge in [-0.25, -0.2) is 4.98 Å². The predicted octanol–water partition coefficient (Wildman–Crippen LogP) is 3.77. The molecule has 0 amide bonds. The van der Waals surface area contributed by atoms with Gasteiger partial charge < -0.3 is 9.88 Å². The summed E-state index contributed by atoms with van der Waals surface area (Å²) in [5.74, 6) is 0. The molecule has 1 aromatic heterocycles. The van der Waals surface area contributed by atoms with Crippen LogP contribution in [0.4, 0.5) is 13.2 Å². The van der Waals surface area contributed by atoms with Crippen LogP contribution in [0, 0.1) is 0 Å². The van der Waals surface area contributed by atoms with Gasteiger partial charge in [0.05, 0.1) is 17.6 Å². The van der Waals surface area contributed by atoms with E-state index in [1.54, 1.807) is 12.5 Å². The van der Waals surface area contributed by atoms with E-state index in [0.717, 1.165) is 23.4 Å². The zero-order chi connectivity index (χ0) is 15.5. The van der Waals surface area contributed by atoms with Crippen LogP contribution in [-0.2, 0) is 19.3 Å². The van der Waals surface area contributed by atoms with Gasteiger partial charge in [0.2, 0.25) is 0 Å². The van der Waals surface area contributed by atoms with Crippen molar-refractivity contribution in [1.29, 1.82) is 0 Å². The SMILES string of the molecule is CC(C)n1cncc1CNCc1ccc(C(F)(F)F)cc1. The van der Waals surface area contributed by atoms with Crippen LogP contribution < -0.4 is 5.32 Å². The summed E-state index contributed by atoms with van der Waals surface area (Å²) in [4.78, 5) is 4.11. The van der Waals surface area contributed by atoms with Crippen molar-refractivity contribution in [2.75, 3.05) is 0 Å². The Morgan fingerprint density at radius 1 is 1.14 bits per heavy atom. The number of halogens is 3. The van der Waals surface area contributed by atoms with Crippen LogP contribution in [0.5, 0.6) is 0 Å². The number of imidazole rings is 1. The highest BCUT2D eigenvalue weighted by atomic mass is 19.4. The molecule has 0 unspecified atom stereocenters. The first-order valence-corrected chi connectivity index (χ1v) is 6.75. The number of rotatable bonds is 5. The average molecular weight is 297 g/mol. The monoisotopic (exact) mass is 297 g/mol. The Morgan fingerprint density at radius 2 is 1.81 bits per heavy atom. The predicted molar refractivity (Wildman–Crippen MR) is 74.6 cm³/mol. The summed E-state index contributed by atoms with van der Waals surface area (Å²) in [6, 6.07) is 5.53. The molecule has 0 spiro atoms. The highest BCUT2D eigenvalue weighted by Gasteiger charge is 2.29. The van der Waals surface area contributed by atoms with Gasteiger partial charge in [-0.2, -0.15) is 13.2 Å². The van der Waals surface area contributed by atoms with Crippen molar-refractivity contribution in [3.05, 3.63) is 53.6 Å². The van der Waals surface area contributed by atoms with Gasteiger partial charge in [0.25, 0.3) is 0 Å². The molecule has 0 saturated heterocycles. The van der Waals surface area contributed by atoms with E-state index in [4.69, 9.17) is 0 Å². The summed E-state index contributed by atoms with van der Waals surface area (Å²) in [7, 11) is 0. The number of aromatic nitrogens is 2. The second kappa shape index (κ2) is 6.30. The molecule has 0 aliphatic heterocycles. The number of alkyl halides is 3. The first-order chi connectivity index (χ1) is 9.88. The lowest BCUT2D eigenvalue weighted by Gasteiger charge is -2.12. The maximum atomic E-state index is 12.5. The minimum absolute atomic E-state index is 0.329. The zero-order valence-corrected chi connectivity index (χ0v) is 12.0. The molecule has 114 valence electrons. The third kappa shape index (κ3) is 4.07. The molecule has 0 saturated carbocycles. The number of hydrogen-bond acceptors (Lipinski definition) is 2. The van der Waals surface area contributed by atoms with Gasteiger partial charge in [-0.05, 0) is 31.5 Å². The number of nitrogens with zero attached hydrogens (tertiary/aromatic N) is 2. The fourth-order valence-corrected chi connectivity index (χ4v) is 2.08. The first-order valence-electron chi connectivity index (χ1n) is 6.75. The second-order valence-corrected chi connectivity index (χ2v) is 5.18. The van der Waals surface area contributed by atoms with E-state index in [2.05, 4.69) is 28.7 Å². The molecule has 2 rings (SSSR count). The Morgan fingerprint density at radius 3 is 2.38 bits per heavy atom. The lowest BCUT2D eigenvalue weighted by atomic mass is 10.1. The lowest BCUT2D eigenvalue weighted by molar-refractivity contribution is -0.137. The van der Waals surface area contributed by atoms with Gasteiger partial charge in [-0.3, -0.25) is 0 Å². The summed E-state index contributed by atoms with van der Waals surface area (Å²) in [5.41, 5.74) is 1.25. The maximum Gasteiger partial charge on any atom is 0.416 e. The largest absolute Gasteiger partial charge is 0.416 e. The number of benzene rings is 1. The Bertz CT molecular complexity index is 571. The van der Waals surface area contributed by atoms with Crippen LogP contribution in [-0.4, -0.2) is 9.55 Å². The summed E-state index contributed by atoms with van der Waals surface area (Å²) in [5, 5.41) is 3.22. The van der Waals surface area contributed by atoms with Crippen LogP contribution in [0.3, 0.4) is 0 Å². The Hall–Kier alpha value is -1.82. The van der Waals surface area contributed by atoms with Crippen LogP contribution in [0.15, 0.2) is 36.8 Å². The van der Waals surface area contributed by atoms with Crippen molar-refractivity contribution in [2.45, 2.75) is 39.2 Å². The van der Waals surface area contributed by atoms with E-state index in [-0.39, 0.29) is 0 Å². The maximum absolute atomic E-state index is 12.5. The molecule has 0 aliphatic rings. The number of hydrogen-bond donors (Lipinski definition) is 1. The Labute approximate surface area is 121 Å². The molecule has 1 heterocycles. The molecular weight excluding hydrogens is 279 g/mol. The topological polar surface area (TPSA) is 29.9 Å². The van der Waals surface area contributed by atoms with Crippen molar-refractivity contribution < 1.29 is 13.2 Å². The smallest absolute Gasteiger partial charge is 0.331 e. The number of nitrogens with one attached hydrogen (secondary N) is 1. The van der Waals surface area contributed by atoms with Gasteiger partial charge >= 0.3 is 6.18 Å². The van der Waals surface area contributed by atoms with Crippen molar-refractivity contribution in [3.63, 3.8) is 0 Å². The third-order valence-electron chi connectivity index (χ3n) is 3.22. The molecular formula is C15H18F3N3. The first kappa shape index (κ1) is 15.6. The summed E-state index contributed by atoms with van der Waals surface area (Å²) in [6.45, 7) is 5.28. The third-order valence-corrected chi connectivity index (χ3v) is 3.22. The van der Waals surface area contributed by atoms with E-state index in [0.29, 0.717) is 19.1 Å². The zero-order valence-electron chi connectivity index (χ0n) is 12.0. The average Bonchev–Trinajstić information content (AvgIpc) is 2.87. The van der Waals surface area contributed by atoms with E-state index in [1.807, 2.05) is 0 Å². The van der Waals surface area contributed by atoms with Crippen molar-refractivity contribution in [2.24, 2.45) is 0 Å². The van der Waals surface area contributed by atoms with E-state index >= 15 is 0 Å². The van der Waals surface area contributed by atoms with E-state index < -0.39 is 11.7 Å². The van der Waals surface area contributed by atoms with E-state index in [9.17, 15) is 13.2 Å². The summed E-state index contributed by atoms with van der Waals surface area (Å²) in [6.07, 6.45) is -0.713. The van der Waals surface area contributed by atoms with Crippen molar-refractivity contribution in [3.8, 4) is 0 Å². The molecule has 2 aromatic rings. The van der Waals surface area contributed by atoms with Gasteiger partial charge in [0.1, 0.15) is 0 Å². The van der Waals surface area contributed by atoms with Crippen molar-refractivity contribution >= 4 is 0 Å². The van der Waals surface area contributed by atoms with Crippen LogP contribution in [0.2, 0.25) is 0 Å².